The minimum Gasteiger partial charge on any atom is -0.490 e. The summed E-state index contributed by atoms with van der Waals surface area (Å²) in [5.74, 6) is -64.8. The summed E-state index contributed by atoms with van der Waals surface area (Å²) in [5.41, 5.74) is -5.28. The molecule has 12 nitrogen and oxygen atoms in total. The van der Waals surface area contributed by atoms with Gasteiger partial charge in [-0.2, -0.15) is 74.6 Å². The van der Waals surface area contributed by atoms with Crippen molar-refractivity contribution in [3.05, 3.63) is 94.8 Å². The van der Waals surface area contributed by atoms with E-state index in [1.165, 1.54) is 20.3 Å². The first-order valence-corrected chi connectivity index (χ1v) is 26.2. The van der Waals surface area contributed by atoms with Gasteiger partial charge >= 0.3 is 59.6 Å². The van der Waals surface area contributed by atoms with Crippen molar-refractivity contribution in [3.8, 4) is 0 Å². The first-order valence-electron chi connectivity index (χ1n) is 26.2. The number of nitrogens with zero attached hydrogens (tertiary/aromatic N) is 2. The number of halogens is 17. The van der Waals surface area contributed by atoms with Crippen molar-refractivity contribution in [2.45, 2.75) is 184 Å². The van der Waals surface area contributed by atoms with Crippen LogP contribution in [0, 0.1) is 35.5 Å². The second kappa shape index (κ2) is 26.1. The predicted octanol–water partition coefficient (Wildman–Crippen LogP) is 13.2. The molecule has 1 fully saturated rings. The van der Waals surface area contributed by atoms with Crippen LogP contribution >= 0.6 is 0 Å². The molecule has 84 heavy (non-hydrogen) atoms. The van der Waals surface area contributed by atoms with E-state index in [2.05, 4.69) is 10.2 Å². The molecule has 0 bridgehead atoms. The number of methoxy groups -OCH3 is 2. The molecule has 3 aliphatic rings. The number of ether oxygens (including phenoxy) is 5. The normalized spacial score (nSPS) is 31.2. The lowest BCUT2D eigenvalue weighted by molar-refractivity contribution is -0.463. The topological polar surface area (TPSA) is 166 Å². The third-order valence-corrected chi connectivity index (χ3v) is 15.6. The molecule has 0 radical (unpaired) electrons. The summed E-state index contributed by atoms with van der Waals surface area (Å²) in [6, 6.07) is 1.50. The van der Waals surface area contributed by atoms with Gasteiger partial charge in [0, 0.05) is 48.7 Å². The molecular formula is C55H67F17N2O10. The molecule has 476 valence electrons. The third-order valence-electron chi connectivity index (χ3n) is 15.6. The average molecular weight is 1240 g/mol. The number of rotatable bonds is 18. The van der Waals surface area contributed by atoms with Gasteiger partial charge in [0.15, 0.2) is 0 Å². The number of benzene rings is 1. The highest BCUT2D eigenvalue weighted by Gasteiger charge is 2.97. The summed E-state index contributed by atoms with van der Waals surface area (Å²) in [7, 11) is 2.55. The molecule has 3 aliphatic heterocycles. The number of carbonyl (C=O) groups excluding carboxylic acids is 2. The van der Waals surface area contributed by atoms with Gasteiger partial charge in [-0.25, -0.2) is 9.59 Å². The molecule has 3 heterocycles. The maximum atomic E-state index is 15.5. The van der Waals surface area contributed by atoms with E-state index in [-0.39, 0.29) is 30.2 Å². The molecule has 0 saturated carbocycles. The van der Waals surface area contributed by atoms with Crippen LogP contribution in [-0.2, 0) is 34.1 Å². The minimum absolute atomic E-state index is 0.201. The van der Waals surface area contributed by atoms with Crippen LogP contribution in [0.2, 0.25) is 0 Å². The Morgan fingerprint density at radius 1 is 0.810 bits per heavy atom. The van der Waals surface area contributed by atoms with Crippen molar-refractivity contribution in [2.75, 3.05) is 14.2 Å². The van der Waals surface area contributed by atoms with Gasteiger partial charge in [-0.15, -0.1) is 10.2 Å². The first kappa shape index (κ1) is 71.4. The Balaban J connectivity index is 1.64. The van der Waals surface area contributed by atoms with Gasteiger partial charge in [0.05, 0.1) is 43.2 Å². The number of esters is 2. The lowest BCUT2D eigenvalue weighted by Crippen LogP contribution is -2.75. The number of alkyl halides is 17. The van der Waals surface area contributed by atoms with E-state index in [1.54, 1.807) is 78.0 Å². The van der Waals surface area contributed by atoms with Crippen LogP contribution in [0.1, 0.15) is 97.5 Å². The Morgan fingerprint density at radius 3 is 1.83 bits per heavy atom. The molecule has 1 aromatic rings. The van der Waals surface area contributed by atoms with Gasteiger partial charge in [-0.05, 0) is 57.7 Å². The maximum Gasteiger partial charge on any atom is 0.460 e. The van der Waals surface area contributed by atoms with Crippen LogP contribution in [-0.4, -0.2) is 138 Å². The highest BCUT2D eigenvalue weighted by molar-refractivity contribution is 5.89. The zero-order chi connectivity index (χ0) is 64.5. The molecule has 0 aliphatic carbocycles. The van der Waals surface area contributed by atoms with Crippen LogP contribution in [0.5, 0.6) is 0 Å². The SMILES string of the molecule is C/C=C/[C@H]1O[C@@H]([C@@H](C)[C@H](O)[C@H](C)[C@H]2OC(=O)/C(OC)=C/C(C)=C/[C@@H](C)[C@@H](O)[C@@H](CC)[C@@H](O)[C@H](C)C/C(C)=C/C=C/[C@@H]2OC)C[C@@H](OC(=O)c2ccc(C3(C(F)(F)C(F)(F)C(F)(F)C(F)(F)C(F)(F)C(F)(F)C(F)(F)C(F)(F)F)N=N3)cc2)[C@@H]1C. The third kappa shape index (κ3) is 13.2. The van der Waals surface area contributed by atoms with E-state index < -0.39 is 155 Å². The van der Waals surface area contributed by atoms with E-state index in [0.29, 0.717) is 30.5 Å². The molecule has 1 aromatic carbocycles. The van der Waals surface area contributed by atoms with Gasteiger partial charge in [0.2, 0.25) is 5.76 Å². The largest absolute Gasteiger partial charge is 0.490 e. The Kier molecular flexibility index (Phi) is 22.1. The quantitative estimate of drug-likeness (QED) is 0.0732. The van der Waals surface area contributed by atoms with Crippen molar-refractivity contribution < 1.29 is 123 Å². The monoisotopic (exact) mass is 1240 g/mol. The zero-order valence-electron chi connectivity index (χ0n) is 47.1. The summed E-state index contributed by atoms with van der Waals surface area (Å²) in [6.07, 6.45) is -4.65. The smallest absolute Gasteiger partial charge is 0.460 e. The summed E-state index contributed by atoms with van der Waals surface area (Å²) in [6.45, 7) is 15.3. The lowest BCUT2D eigenvalue weighted by Gasteiger charge is -2.43. The second-order valence-electron chi connectivity index (χ2n) is 21.6. The summed E-state index contributed by atoms with van der Waals surface area (Å²) < 4.78 is 269. The lowest BCUT2D eigenvalue weighted by atomic mass is 9.79. The van der Waals surface area contributed by atoms with Crippen molar-refractivity contribution >= 4 is 11.9 Å². The zero-order valence-corrected chi connectivity index (χ0v) is 47.1. The molecule has 0 amide bonds. The highest BCUT2D eigenvalue weighted by atomic mass is 19.4. The van der Waals surface area contributed by atoms with Gasteiger partial charge in [0.25, 0.3) is 5.66 Å². The Labute approximate surface area is 472 Å². The van der Waals surface area contributed by atoms with Gasteiger partial charge < -0.3 is 39.0 Å². The fourth-order valence-electron chi connectivity index (χ4n) is 10.2. The van der Waals surface area contributed by atoms with Gasteiger partial charge in [0.1, 0.15) is 18.3 Å². The molecule has 4 rings (SSSR count). The van der Waals surface area contributed by atoms with Crippen LogP contribution in [0.3, 0.4) is 0 Å². The standard InChI is InChI=1S/C55H67F17N2O10/c1-12-15-36-30(7)38(83-45(78)33-18-20-34(21-19-33)47(73-74-47)48(56,57)49(58,59)50(60,61)51(62,63)52(64,65)53(66,67)54(68,69)55(70,71)72)25-39(82-36)31(8)43(77)32(9)44-37(80-10)17-14-16-26(3)22-28(5)41(75)35(13-2)42(76)29(6)23-27(4)24-40(81-11)46(79)84-44/h12,14-21,23-24,28-32,35-39,41-44,75-77H,13,22,25H2,1-11H3/b15-12+,17-14+,26-16+,27-23+,40-24-/t28-,29-,30-,31-,32+,35+,36-,37+,38-,39-,41+,42-,43+,44-/m1/s1. The fraction of sp³-hybridized carbons (Fsp3) is 0.673. The van der Waals surface area contributed by atoms with E-state index in [1.807, 2.05) is 20.8 Å². The number of aliphatic hydroxyl groups is 3. The van der Waals surface area contributed by atoms with Crippen LogP contribution in [0.15, 0.2) is 93.9 Å². The number of aliphatic hydroxyl groups excluding tert-OH is 3. The molecule has 29 heteroatoms. The van der Waals surface area contributed by atoms with Crippen LogP contribution in [0.4, 0.5) is 74.6 Å². The molecular weight excluding hydrogens is 1170 g/mol. The van der Waals surface area contributed by atoms with Crippen LogP contribution in [0.25, 0.3) is 0 Å². The average Bonchev–Trinajstić information content (AvgIpc) is 1.63. The number of carbonyl (C=O) groups is 2. The molecule has 0 spiro atoms. The molecule has 0 aromatic heterocycles. The number of hydrogen-bond donors (Lipinski definition) is 3. The number of allylic oxidation sites excluding steroid dienone is 6. The summed E-state index contributed by atoms with van der Waals surface area (Å²) in [5, 5.41) is 39.9. The van der Waals surface area contributed by atoms with Crippen molar-refractivity contribution in [1.82, 2.24) is 0 Å². The maximum absolute atomic E-state index is 15.5. The molecule has 1 saturated heterocycles. The predicted molar refractivity (Wildman–Crippen MR) is 266 cm³/mol. The van der Waals surface area contributed by atoms with Crippen molar-refractivity contribution in [1.29, 1.82) is 0 Å². The van der Waals surface area contributed by atoms with Gasteiger partial charge in [-0.1, -0.05) is 101 Å². The minimum atomic E-state index is -8.83. The molecule has 14 atom stereocenters. The first-order chi connectivity index (χ1) is 38.4. The number of hydrogen-bond acceptors (Lipinski definition) is 12. The Bertz CT molecular complexity index is 2640. The van der Waals surface area contributed by atoms with Gasteiger partial charge in [-0.3, -0.25) is 0 Å². The van der Waals surface area contributed by atoms with E-state index in [0.717, 1.165) is 5.57 Å². The van der Waals surface area contributed by atoms with E-state index >= 15 is 17.6 Å². The van der Waals surface area contributed by atoms with E-state index in [4.69, 9.17) is 23.7 Å². The van der Waals surface area contributed by atoms with Crippen molar-refractivity contribution in [2.24, 2.45) is 45.7 Å². The molecule has 0 unspecified atom stereocenters. The second-order valence-corrected chi connectivity index (χ2v) is 21.6. The highest BCUT2D eigenvalue weighted by Crippen LogP contribution is 2.67. The summed E-state index contributed by atoms with van der Waals surface area (Å²) in [4.78, 5) is 27.7. The number of cyclic esters (lactones) is 1. The molecule has 3 N–H and O–H groups in total. The van der Waals surface area contributed by atoms with E-state index in [9.17, 15) is 82.0 Å². The Hall–Kier alpha value is -5.13. The summed E-state index contributed by atoms with van der Waals surface area (Å²) >= 11 is 0. The Morgan fingerprint density at radius 2 is 1.35 bits per heavy atom. The fourth-order valence-corrected chi connectivity index (χ4v) is 10.2. The van der Waals surface area contributed by atoms with Crippen LogP contribution < -0.4 is 0 Å². The van der Waals surface area contributed by atoms with Crippen molar-refractivity contribution in [3.63, 3.8) is 0 Å².